The molecule has 1 aromatic rings. The van der Waals surface area contributed by atoms with Gasteiger partial charge in [0.15, 0.2) is 0 Å². The highest BCUT2D eigenvalue weighted by atomic mass is 32.2. The molecule has 25 heavy (non-hydrogen) atoms. The number of nitrogens with one attached hydrogen (secondary N) is 2. The summed E-state index contributed by atoms with van der Waals surface area (Å²) in [7, 11) is -3.95. The van der Waals surface area contributed by atoms with Gasteiger partial charge < -0.3 is 11.1 Å². The quantitative estimate of drug-likeness (QED) is 0.698. The first kappa shape index (κ1) is 19.7. The molecule has 1 fully saturated rings. The average molecular weight is 379 g/mol. The zero-order valence-electron chi connectivity index (χ0n) is 13.4. The number of halogens is 3. The Bertz CT molecular complexity index is 729. The number of hydrogen-bond donors (Lipinski definition) is 3. The lowest BCUT2D eigenvalue weighted by Gasteiger charge is -2.28. The van der Waals surface area contributed by atoms with Crippen molar-refractivity contribution in [3.05, 3.63) is 29.8 Å². The van der Waals surface area contributed by atoms with Crippen molar-refractivity contribution in [3.63, 3.8) is 0 Å². The maximum Gasteiger partial charge on any atom is 0.405 e. The lowest BCUT2D eigenvalue weighted by Crippen LogP contribution is -2.51. The van der Waals surface area contributed by atoms with Gasteiger partial charge in [-0.1, -0.05) is 18.9 Å². The van der Waals surface area contributed by atoms with Crippen molar-refractivity contribution in [1.82, 2.24) is 10.0 Å². The minimum Gasteiger partial charge on any atom is -0.343 e. The number of benzene rings is 1. The van der Waals surface area contributed by atoms with Crippen molar-refractivity contribution in [2.45, 2.75) is 42.3 Å². The molecule has 6 nitrogen and oxygen atoms in total. The Hall–Kier alpha value is -1.65. The second-order valence-electron chi connectivity index (χ2n) is 6.12. The van der Waals surface area contributed by atoms with E-state index in [1.807, 2.05) is 0 Å². The molecule has 1 aliphatic rings. The lowest BCUT2D eigenvalue weighted by atomic mass is 10.0. The molecule has 0 atom stereocenters. The van der Waals surface area contributed by atoms with Gasteiger partial charge in [-0.05, 0) is 31.0 Å². The number of alkyl halides is 3. The molecule has 0 bridgehead atoms. The van der Waals surface area contributed by atoms with Gasteiger partial charge in [-0.25, -0.2) is 13.1 Å². The molecule has 0 unspecified atom stereocenters. The predicted octanol–water partition coefficient (Wildman–Crippen LogP) is 1.53. The highest BCUT2D eigenvalue weighted by molar-refractivity contribution is 7.89. The van der Waals surface area contributed by atoms with E-state index in [4.69, 9.17) is 5.73 Å². The Labute approximate surface area is 144 Å². The molecular formula is C15H20F3N3O3S. The van der Waals surface area contributed by atoms with E-state index in [1.54, 1.807) is 5.32 Å². The van der Waals surface area contributed by atoms with Gasteiger partial charge in [-0.15, -0.1) is 0 Å². The van der Waals surface area contributed by atoms with Crippen molar-refractivity contribution >= 4 is 15.9 Å². The van der Waals surface area contributed by atoms with Crippen LogP contribution in [0, 0.1) is 0 Å². The van der Waals surface area contributed by atoms with Crippen molar-refractivity contribution in [3.8, 4) is 0 Å². The summed E-state index contributed by atoms with van der Waals surface area (Å²) in [4.78, 5) is 11.6. The topological polar surface area (TPSA) is 101 Å². The van der Waals surface area contributed by atoms with E-state index in [2.05, 4.69) is 4.72 Å². The zero-order chi connectivity index (χ0) is 18.7. The van der Waals surface area contributed by atoms with Crippen LogP contribution in [0.1, 0.15) is 36.0 Å². The van der Waals surface area contributed by atoms with Gasteiger partial charge in [0.25, 0.3) is 5.91 Å². The first-order chi connectivity index (χ1) is 11.6. The van der Waals surface area contributed by atoms with Gasteiger partial charge in [0, 0.05) is 17.6 Å². The van der Waals surface area contributed by atoms with Crippen LogP contribution in [-0.2, 0) is 10.0 Å². The normalized spacial score (nSPS) is 17.4. The van der Waals surface area contributed by atoms with E-state index < -0.39 is 34.2 Å². The number of sulfonamides is 1. The molecule has 4 N–H and O–H groups in total. The summed E-state index contributed by atoms with van der Waals surface area (Å²) >= 11 is 0. The monoisotopic (exact) mass is 379 g/mol. The van der Waals surface area contributed by atoms with Gasteiger partial charge in [-0.2, -0.15) is 13.2 Å². The molecule has 140 valence electrons. The smallest absolute Gasteiger partial charge is 0.343 e. The SMILES string of the molecule is NCC1(NS(=O)(=O)c2cccc(C(=O)NCC(F)(F)F)c2)CCCC1. The molecule has 0 aliphatic heterocycles. The summed E-state index contributed by atoms with van der Waals surface area (Å²) in [6, 6.07) is 4.88. The van der Waals surface area contributed by atoms with Crippen LogP contribution in [-0.4, -0.2) is 39.1 Å². The fourth-order valence-electron chi connectivity index (χ4n) is 2.83. The minimum atomic E-state index is -4.54. The third-order valence-electron chi connectivity index (χ3n) is 4.16. The summed E-state index contributed by atoms with van der Waals surface area (Å²) < 4.78 is 64.3. The number of carbonyl (C=O) groups excluding carboxylic acids is 1. The van der Waals surface area contributed by atoms with Crippen LogP contribution in [0.15, 0.2) is 29.2 Å². The van der Waals surface area contributed by atoms with Crippen molar-refractivity contribution in [2.24, 2.45) is 5.73 Å². The molecule has 0 saturated heterocycles. The Balaban J connectivity index is 2.18. The fourth-order valence-corrected chi connectivity index (χ4v) is 4.35. The number of amides is 1. The third kappa shape index (κ3) is 5.16. The van der Waals surface area contributed by atoms with E-state index in [-0.39, 0.29) is 17.0 Å². The van der Waals surface area contributed by atoms with Crippen molar-refractivity contribution < 1.29 is 26.4 Å². The summed E-state index contributed by atoms with van der Waals surface area (Å²) in [5, 5.41) is 1.71. The number of carbonyl (C=O) groups is 1. The van der Waals surface area contributed by atoms with Crippen molar-refractivity contribution in [2.75, 3.05) is 13.1 Å². The Morgan fingerprint density at radius 3 is 2.44 bits per heavy atom. The van der Waals surface area contributed by atoms with Gasteiger partial charge in [0.2, 0.25) is 10.0 Å². The maximum absolute atomic E-state index is 12.6. The van der Waals surface area contributed by atoms with Crippen LogP contribution in [0.3, 0.4) is 0 Å². The molecular weight excluding hydrogens is 359 g/mol. The molecule has 1 amide bonds. The third-order valence-corrected chi connectivity index (χ3v) is 5.73. The minimum absolute atomic E-state index is 0.151. The number of nitrogens with two attached hydrogens (primary N) is 1. The molecule has 0 aromatic heterocycles. The molecule has 1 aromatic carbocycles. The van der Waals surface area contributed by atoms with Crippen LogP contribution in [0.4, 0.5) is 13.2 Å². The maximum atomic E-state index is 12.6. The molecule has 0 spiro atoms. The Kier molecular flexibility index (Phi) is 5.75. The van der Waals surface area contributed by atoms with Gasteiger partial charge in [0.1, 0.15) is 6.54 Å². The van der Waals surface area contributed by atoms with Crippen LogP contribution < -0.4 is 15.8 Å². The molecule has 2 rings (SSSR count). The largest absolute Gasteiger partial charge is 0.405 e. The molecule has 0 radical (unpaired) electrons. The van der Waals surface area contributed by atoms with Crippen LogP contribution in [0.5, 0.6) is 0 Å². The molecule has 1 saturated carbocycles. The average Bonchev–Trinajstić information content (AvgIpc) is 3.00. The summed E-state index contributed by atoms with van der Waals surface area (Å²) in [6.07, 6.45) is -1.58. The van der Waals surface area contributed by atoms with Crippen molar-refractivity contribution in [1.29, 1.82) is 0 Å². The fraction of sp³-hybridized carbons (Fsp3) is 0.533. The van der Waals surface area contributed by atoms with Crippen LogP contribution >= 0.6 is 0 Å². The highest BCUT2D eigenvalue weighted by Gasteiger charge is 2.37. The van der Waals surface area contributed by atoms with Crippen LogP contribution in [0.2, 0.25) is 0 Å². The Morgan fingerprint density at radius 1 is 1.24 bits per heavy atom. The number of rotatable bonds is 6. The molecule has 10 heteroatoms. The van der Waals surface area contributed by atoms with Gasteiger partial charge in [-0.3, -0.25) is 4.79 Å². The predicted molar refractivity (Wildman–Crippen MR) is 85.4 cm³/mol. The van der Waals surface area contributed by atoms with E-state index in [9.17, 15) is 26.4 Å². The first-order valence-corrected chi connectivity index (χ1v) is 9.24. The van der Waals surface area contributed by atoms with E-state index in [0.29, 0.717) is 12.8 Å². The second-order valence-corrected chi connectivity index (χ2v) is 7.81. The second kappa shape index (κ2) is 7.30. The van der Waals surface area contributed by atoms with Gasteiger partial charge >= 0.3 is 6.18 Å². The number of hydrogen-bond acceptors (Lipinski definition) is 4. The summed E-state index contributed by atoms with van der Waals surface area (Å²) in [5.74, 6) is -0.997. The van der Waals surface area contributed by atoms with E-state index in [0.717, 1.165) is 18.9 Å². The Morgan fingerprint density at radius 2 is 1.88 bits per heavy atom. The zero-order valence-corrected chi connectivity index (χ0v) is 14.2. The van der Waals surface area contributed by atoms with E-state index in [1.165, 1.54) is 18.2 Å². The molecule has 0 heterocycles. The first-order valence-electron chi connectivity index (χ1n) is 7.76. The molecule has 1 aliphatic carbocycles. The van der Waals surface area contributed by atoms with Gasteiger partial charge in [0.05, 0.1) is 4.90 Å². The lowest BCUT2D eigenvalue weighted by molar-refractivity contribution is -0.123. The summed E-state index contributed by atoms with van der Waals surface area (Å²) in [6.45, 7) is -1.34. The summed E-state index contributed by atoms with van der Waals surface area (Å²) in [5.41, 5.74) is 4.83. The van der Waals surface area contributed by atoms with E-state index >= 15 is 0 Å². The highest BCUT2D eigenvalue weighted by Crippen LogP contribution is 2.30. The standard InChI is InChI=1S/C15H20F3N3O3S/c16-15(17,18)10-20-13(22)11-4-3-5-12(8-11)25(23,24)21-14(9-19)6-1-2-7-14/h3-5,8,21H,1-2,6-7,9-10,19H2,(H,20,22). The van der Waals surface area contributed by atoms with Crippen LogP contribution in [0.25, 0.3) is 0 Å².